The van der Waals surface area contributed by atoms with Gasteiger partial charge in [0.2, 0.25) is 5.28 Å². The highest BCUT2D eigenvalue weighted by Gasteiger charge is 2.08. The molecule has 0 fully saturated rings. The molecule has 0 atom stereocenters. The average molecular weight is 324 g/mol. The van der Waals surface area contributed by atoms with Crippen LogP contribution in [-0.4, -0.2) is 24.7 Å². The SMILES string of the molecule is Clc1cccc(Sc2nc(Cl)nc(-n3cccn3)n2)c1. The number of rotatable bonds is 3. The van der Waals surface area contributed by atoms with Crippen molar-refractivity contribution in [3.05, 3.63) is 53.0 Å². The molecule has 0 aliphatic carbocycles. The maximum atomic E-state index is 5.95. The van der Waals surface area contributed by atoms with Gasteiger partial charge in [0.05, 0.1) is 0 Å². The first kappa shape index (κ1) is 13.4. The molecule has 0 spiro atoms. The summed E-state index contributed by atoms with van der Waals surface area (Å²) in [5.41, 5.74) is 0. The van der Waals surface area contributed by atoms with Gasteiger partial charge in [-0.15, -0.1) is 0 Å². The number of hydrogen-bond acceptors (Lipinski definition) is 5. The standard InChI is InChI=1S/C12H7Cl2N5S/c13-8-3-1-4-9(7-8)20-12-17-10(14)16-11(18-12)19-6-2-5-15-19/h1-7H. The Morgan fingerprint density at radius 1 is 1.05 bits per heavy atom. The highest BCUT2D eigenvalue weighted by Crippen LogP contribution is 2.27. The van der Waals surface area contributed by atoms with E-state index in [0.717, 1.165) is 4.90 Å². The zero-order chi connectivity index (χ0) is 13.9. The van der Waals surface area contributed by atoms with Crippen molar-refractivity contribution in [2.75, 3.05) is 0 Å². The molecule has 3 aromatic rings. The quantitative estimate of drug-likeness (QED) is 0.738. The van der Waals surface area contributed by atoms with Crippen LogP contribution in [0.1, 0.15) is 0 Å². The fraction of sp³-hybridized carbons (Fsp3) is 0. The van der Waals surface area contributed by atoms with Crippen molar-refractivity contribution >= 4 is 35.0 Å². The first-order chi connectivity index (χ1) is 9.70. The van der Waals surface area contributed by atoms with Crippen LogP contribution in [0.25, 0.3) is 5.95 Å². The molecule has 0 unspecified atom stereocenters. The Kier molecular flexibility index (Phi) is 3.86. The number of nitrogens with zero attached hydrogens (tertiary/aromatic N) is 5. The molecule has 2 heterocycles. The first-order valence-corrected chi connectivity index (χ1v) is 7.13. The van der Waals surface area contributed by atoms with Crippen molar-refractivity contribution in [1.29, 1.82) is 0 Å². The molecule has 8 heteroatoms. The van der Waals surface area contributed by atoms with E-state index >= 15 is 0 Å². The highest BCUT2D eigenvalue weighted by atomic mass is 35.5. The Balaban J connectivity index is 1.94. The van der Waals surface area contributed by atoms with Crippen LogP contribution in [0, 0.1) is 0 Å². The van der Waals surface area contributed by atoms with Crippen LogP contribution >= 0.6 is 35.0 Å². The minimum Gasteiger partial charge on any atom is -0.206 e. The predicted molar refractivity (Wildman–Crippen MR) is 77.5 cm³/mol. The average Bonchev–Trinajstić information content (AvgIpc) is 2.91. The molecule has 20 heavy (non-hydrogen) atoms. The molecule has 0 aliphatic heterocycles. The minimum atomic E-state index is 0.120. The molecular formula is C12H7Cl2N5S. The van der Waals surface area contributed by atoms with Crippen molar-refractivity contribution < 1.29 is 0 Å². The summed E-state index contributed by atoms with van der Waals surface area (Å²) in [7, 11) is 0. The summed E-state index contributed by atoms with van der Waals surface area (Å²) < 4.78 is 1.52. The van der Waals surface area contributed by atoms with Crippen molar-refractivity contribution in [3.8, 4) is 5.95 Å². The van der Waals surface area contributed by atoms with Crippen LogP contribution in [0.2, 0.25) is 10.3 Å². The van der Waals surface area contributed by atoms with Gasteiger partial charge >= 0.3 is 0 Å². The van der Waals surface area contributed by atoms with Gasteiger partial charge in [-0.05, 0) is 47.6 Å². The largest absolute Gasteiger partial charge is 0.255 e. The van der Waals surface area contributed by atoms with Gasteiger partial charge in [-0.1, -0.05) is 17.7 Å². The van der Waals surface area contributed by atoms with Gasteiger partial charge in [0, 0.05) is 22.3 Å². The topological polar surface area (TPSA) is 56.5 Å². The van der Waals surface area contributed by atoms with Gasteiger partial charge in [0.1, 0.15) is 0 Å². The van der Waals surface area contributed by atoms with Crippen LogP contribution in [-0.2, 0) is 0 Å². The van der Waals surface area contributed by atoms with Gasteiger partial charge < -0.3 is 0 Å². The minimum absolute atomic E-state index is 0.120. The number of benzene rings is 1. The molecule has 3 rings (SSSR count). The lowest BCUT2D eigenvalue weighted by molar-refractivity contribution is 0.759. The van der Waals surface area contributed by atoms with E-state index < -0.39 is 0 Å². The van der Waals surface area contributed by atoms with E-state index in [0.29, 0.717) is 16.1 Å². The van der Waals surface area contributed by atoms with Crippen LogP contribution in [0.5, 0.6) is 0 Å². The molecule has 0 radical (unpaired) electrons. The lowest BCUT2D eigenvalue weighted by Gasteiger charge is -2.04. The van der Waals surface area contributed by atoms with Crippen molar-refractivity contribution in [3.63, 3.8) is 0 Å². The maximum absolute atomic E-state index is 5.95. The molecule has 1 aromatic carbocycles. The zero-order valence-electron chi connectivity index (χ0n) is 9.94. The second kappa shape index (κ2) is 5.78. The molecule has 0 bridgehead atoms. The van der Waals surface area contributed by atoms with Crippen molar-refractivity contribution in [1.82, 2.24) is 24.7 Å². The molecule has 0 aliphatic rings. The summed E-state index contributed by atoms with van der Waals surface area (Å²) in [6, 6.07) is 9.20. The smallest absolute Gasteiger partial charge is 0.206 e. The number of hydrogen-bond donors (Lipinski definition) is 0. The van der Waals surface area contributed by atoms with Gasteiger partial charge in [-0.2, -0.15) is 20.1 Å². The third-order valence-corrected chi connectivity index (χ3v) is 3.55. The van der Waals surface area contributed by atoms with E-state index in [9.17, 15) is 0 Å². The second-order valence-corrected chi connectivity index (χ2v) is 5.51. The molecule has 0 saturated heterocycles. The second-order valence-electron chi connectivity index (χ2n) is 3.70. The third kappa shape index (κ3) is 3.09. The Bertz CT molecular complexity index is 732. The molecule has 0 amide bonds. The molecule has 0 N–H and O–H groups in total. The van der Waals surface area contributed by atoms with Gasteiger partial charge in [0.25, 0.3) is 5.95 Å². The zero-order valence-corrected chi connectivity index (χ0v) is 12.3. The van der Waals surface area contributed by atoms with Crippen LogP contribution in [0.4, 0.5) is 0 Å². The maximum Gasteiger partial charge on any atom is 0.255 e. The van der Waals surface area contributed by atoms with Gasteiger partial charge in [-0.3, -0.25) is 0 Å². The molecular weight excluding hydrogens is 317 g/mol. The lowest BCUT2D eigenvalue weighted by Crippen LogP contribution is -2.04. The summed E-state index contributed by atoms with van der Waals surface area (Å²) in [5.74, 6) is 0.375. The lowest BCUT2D eigenvalue weighted by atomic mass is 10.4. The normalized spacial score (nSPS) is 10.7. The molecule has 2 aromatic heterocycles. The fourth-order valence-corrected chi connectivity index (χ4v) is 2.76. The number of halogens is 2. The van der Waals surface area contributed by atoms with Crippen LogP contribution in [0.3, 0.4) is 0 Å². The first-order valence-electron chi connectivity index (χ1n) is 5.56. The summed E-state index contributed by atoms with van der Waals surface area (Å²) in [5, 5.41) is 5.32. The summed E-state index contributed by atoms with van der Waals surface area (Å²) in [6.07, 6.45) is 3.38. The van der Waals surface area contributed by atoms with Gasteiger partial charge in [0.15, 0.2) is 5.16 Å². The Morgan fingerprint density at radius 3 is 2.70 bits per heavy atom. The highest BCUT2D eigenvalue weighted by molar-refractivity contribution is 7.99. The molecule has 0 saturated carbocycles. The summed E-state index contributed by atoms with van der Waals surface area (Å²) >= 11 is 13.2. The number of aromatic nitrogens is 5. The van der Waals surface area contributed by atoms with Crippen LogP contribution < -0.4 is 0 Å². The van der Waals surface area contributed by atoms with E-state index in [-0.39, 0.29) is 5.28 Å². The van der Waals surface area contributed by atoms with E-state index in [1.165, 1.54) is 16.4 Å². The van der Waals surface area contributed by atoms with Crippen molar-refractivity contribution in [2.24, 2.45) is 0 Å². The fourth-order valence-electron chi connectivity index (χ4n) is 1.49. The van der Waals surface area contributed by atoms with E-state index in [1.54, 1.807) is 24.5 Å². The van der Waals surface area contributed by atoms with E-state index in [2.05, 4.69) is 20.1 Å². The predicted octanol–water partition coefficient (Wildman–Crippen LogP) is 3.52. The Morgan fingerprint density at radius 2 is 1.95 bits per heavy atom. The Labute approximate surface area is 129 Å². The Hall–Kier alpha value is -1.63. The summed E-state index contributed by atoms with van der Waals surface area (Å²) in [4.78, 5) is 13.4. The van der Waals surface area contributed by atoms with E-state index in [1.807, 2.05) is 18.2 Å². The molecule has 100 valence electrons. The van der Waals surface area contributed by atoms with E-state index in [4.69, 9.17) is 23.2 Å². The third-order valence-electron chi connectivity index (χ3n) is 2.29. The summed E-state index contributed by atoms with van der Waals surface area (Å²) in [6.45, 7) is 0. The van der Waals surface area contributed by atoms with Gasteiger partial charge in [-0.25, -0.2) is 4.68 Å². The monoisotopic (exact) mass is 323 g/mol. The van der Waals surface area contributed by atoms with Crippen LogP contribution in [0.15, 0.2) is 52.8 Å². The van der Waals surface area contributed by atoms with Crippen molar-refractivity contribution in [2.45, 2.75) is 10.1 Å². The molecule has 5 nitrogen and oxygen atoms in total.